The maximum Gasteiger partial charge on any atom is 0.225 e. The van der Waals surface area contributed by atoms with Crippen molar-refractivity contribution in [1.82, 2.24) is 5.32 Å². The van der Waals surface area contributed by atoms with Crippen molar-refractivity contribution in [2.75, 3.05) is 6.26 Å². The van der Waals surface area contributed by atoms with Gasteiger partial charge in [-0.05, 0) is 17.9 Å². The van der Waals surface area contributed by atoms with Crippen molar-refractivity contribution in [3.63, 3.8) is 0 Å². The summed E-state index contributed by atoms with van der Waals surface area (Å²) in [5.74, 6) is -1.07. The van der Waals surface area contributed by atoms with Gasteiger partial charge < -0.3 is 5.32 Å². The normalized spacial score (nSPS) is 19.4. The Kier molecular flexibility index (Phi) is 3.68. The maximum absolute atomic E-state index is 13.8. The molecule has 0 spiro atoms. The smallest absolute Gasteiger partial charge is 0.225 e. The summed E-state index contributed by atoms with van der Waals surface area (Å²) in [5.41, 5.74) is 0.822. The van der Waals surface area contributed by atoms with Gasteiger partial charge in [0.1, 0.15) is 5.82 Å². The fourth-order valence-electron chi connectivity index (χ4n) is 2.00. The van der Waals surface area contributed by atoms with Crippen LogP contribution in [0.5, 0.6) is 0 Å². The van der Waals surface area contributed by atoms with Crippen molar-refractivity contribution in [2.45, 2.75) is 12.3 Å². The Hall–Kier alpha value is -1.80. The SMILES string of the molecule is CSC1=C(C#N)C(c2ccccc2F)CC(=O)N1. The predicted molar refractivity (Wildman–Crippen MR) is 68.1 cm³/mol. The molecule has 1 aliphatic rings. The van der Waals surface area contributed by atoms with E-state index in [4.69, 9.17) is 0 Å². The predicted octanol–water partition coefficient (Wildman–Crippen LogP) is 2.53. The average Bonchev–Trinajstić information content (AvgIpc) is 2.38. The van der Waals surface area contributed by atoms with Gasteiger partial charge in [-0.1, -0.05) is 18.2 Å². The lowest BCUT2D eigenvalue weighted by atomic mass is 9.87. The van der Waals surface area contributed by atoms with Crippen LogP contribution in [0.1, 0.15) is 17.9 Å². The van der Waals surface area contributed by atoms with Crippen LogP contribution in [0.25, 0.3) is 0 Å². The number of nitriles is 1. The van der Waals surface area contributed by atoms with Crippen LogP contribution in [0, 0.1) is 17.1 Å². The second kappa shape index (κ2) is 5.23. The van der Waals surface area contributed by atoms with Crippen LogP contribution < -0.4 is 5.32 Å². The van der Waals surface area contributed by atoms with Gasteiger partial charge in [-0.15, -0.1) is 11.8 Å². The van der Waals surface area contributed by atoms with Gasteiger partial charge in [-0.3, -0.25) is 4.79 Å². The number of hydrogen-bond donors (Lipinski definition) is 1. The van der Waals surface area contributed by atoms with E-state index in [1.54, 1.807) is 24.5 Å². The minimum atomic E-state index is -0.493. The van der Waals surface area contributed by atoms with Crippen molar-refractivity contribution < 1.29 is 9.18 Å². The first-order valence-electron chi connectivity index (χ1n) is 5.40. The number of nitrogens with zero attached hydrogens (tertiary/aromatic N) is 1. The summed E-state index contributed by atoms with van der Waals surface area (Å²) in [6, 6.07) is 8.34. The Balaban J connectivity index is 2.52. The molecule has 92 valence electrons. The molecule has 5 heteroatoms. The van der Waals surface area contributed by atoms with Crippen LogP contribution in [0.3, 0.4) is 0 Å². The molecule has 1 N–H and O–H groups in total. The van der Waals surface area contributed by atoms with E-state index in [2.05, 4.69) is 11.4 Å². The molecule has 1 atom stereocenters. The Morgan fingerprint density at radius 3 is 2.83 bits per heavy atom. The molecule has 2 rings (SSSR count). The summed E-state index contributed by atoms with van der Waals surface area (Å²) < 4.78 is 13.8. The lowest BCUT2D eigenvalue weighted by molar-refractivity contribution is -0.120. The highest BCUT2D eigenvalue weighted by Gasteiger charge is 2.30. The molecule has 0 aliphatic carbocycles. The Morgan fingerprint density at radius 1 is 1.50 bits per heavy atom. The monoisotopic (exact) mass is 262 g/mol. The zero-order valence-electron chi connectivity index (χ0n) is 9.74. The van der Waals surface area contributed by atoms with Crippen molar-refractivity contribution in [1.29, 1.82) is 5.26 Å². The van der Waals surface area contributed by atoms with Gasteiger partial charge in [0.05, 0.1) is 16.7 Å². The molecule has 0 saturated heterocycles. The minimum Gasteiger partial charge on any atom is -0.320 e. The first kappa shape index (κ1) is 12.7. The molecule has 1 aliphatic heterocycles. The zero-order chi connectivity index (χ0) is 13.1. The van der Waals surface area contributed by atoms with Crippen molar-refractivity contribution >= 4 is 17.7 Å². The Bertz CT molecular complexity index is 562. The van der Waals surface area contributed by atoms with E-state index in [0.29, 0.717) is 16.2 Å². The van der Waals surface area contributed by atoms with Gasteiger partial charge in [0.2, 0.25) is 5.91 Å². The number of carbonyl (C=O) groups excluding carboxylic acids is 1. The van der Waals surface area contributed by atoms with Crippen molar-refractivity contribution in [2.24, 2.45) is 0 Å². The van der Waals surface area contributed by atoms with Crippen molar-refractivity contribution in [3.8, 4) is 6.07 Å². The third kappa shape index (κ3) is 2.24. The number of nitrogens with one attached hydrogen (secondary N) is 1. The molecule has 1 amide bonds. The van der Waals surface area contributed by atoms with Crippen LogP contribution in [-0.4, -0.2) is 12.2 Å². The van der Waals surface area contributed by atoms with Crippen LogP contribution in [-0.2, 0) is 4.79 Å². The fraction of sp³-hybridized carbons (Fsp3) is 0.231. The number of carbonyl (C=O) groups is 1. The molecule has 0 radical (unpaired) electrons. The van der Waals surface area contributed by atoms with Gasteiger partial charge in [0.25, 0.3) is 0 Å². The summed E-state index contributed by atoms with van der Waals surface area (Å²) in [6.07, 6.45) is 1.88. The van der Waals surface area contributed by atoms with Crippen LogP contribution in [0.15, 0.2) is 34.9 Å². The molecule has 18 heavy (non-hydrogen) atoms. The highest BCUT2D eigenvalue weighted by Crippen LogP contribution is 2.36. The largest absolute Gasteiger partial charge is 0.320 e. The van der Waals surface area contributed by atoms with Crippen molar-refractivity contribution in [3.05, 3.63) is 46.2 Å². The average molecular weight is 262 g/mol. The molecule has 0 bridgehead atoms. The topological polar surface area (TPSA) is 52.9 Å². The third-order valence-corrected chi connectivity index (χ3v) is 3.57. The minimum absolute atomic E-state index is 0.105. The van der Waals surface area contributed by atoms with Crippen LogP contribution in [0.4, 0.5) is 4.39 Å². The first-order chi connectivity index (χ1) is 8.67. The second-order valence-electron chi connectivity index (χ2n) is 3.89. The fourth-order valence-corrected chi connectivity index (χ4v) is 2.63. The van der Waals surface area contributed by atoms with E-state index < -0.39 is 5.92 Å². The van der Waals surface area contributed by atoms with Gasteiger partial charge >= 0.3 is 0 Å². The zero-order valence-corrected chi connectivity index (χ0v) is 10.6. The van der Waals surface area contributed by atoms with E-state index in [1.807, 2.05) is 0 Å². The quantitative estimate of drug-likeness (QED) is 0.891. The molecular formula is C13H11FN2OS. The number of thioether (sulfide) groups is 1. The Labute approximate surface area is 109 Å². The van der Waals surface area contributed by atoms with E-state index in [-0.39, 0.29) is 18.1 Å². The van der Waals surface area contributed by atoms with E-state index in [9.17, 15) is 14.4 Å². The molecule has 1 unspecified atom stereocenters. The molecule has 0 fully saturated rings. The van der Waals surface area contributed by atoms with Gasteiger partial charge in [-0.2, -0.15) is 5.26 Å². The summed E-state index contributed by atoms with van der Waals surface area (Å²) in [6.45, 7) is 0. The second-order valence-corrected chi connectivity index (χ2v) is 4.70. The number of amides is 1. The first-order valence-corrected chi connectivity index (χ1v) is 6.62. The third-order valence-electron chi connectivity index (χ3n) is 2.84. The Morgan fingerprint density at radius 2 is 2.22 bits per heavy atom. The maximum atomic E-state index is 13.8. The molecular weight excluding hydrogens is 251 g/mol. The number of allylic oxidation sites excluding steroid dienone is 1. The molecule has 1 aromatic rings. The van der Waals surface area contributed by atoms with E-state index in [1.165, 1.54) is 17.8 Å². The van der Waals surface area contributed by atoms with Gasteiger partial charge in [0.15, 0.2) is 0 Å². The van der Waals surface area contributed by atoms with Crippen LogP contribution in [0.2, 0.25) is 0 Å². The number of benzene rings is 1. The van der Waals surface area contributed by atoms with Gasteiger partial charge in [0, 0.05) is 12.3 Å². The van der Waals surface area contributed by atoms with E-state index >= 15 is 0 Å². The number of hydrogen-bond acceptors (Lipinski definition) is 3. The summed E-state index contributed by atoms with van der Waals surface area (Å²) in [7, 11) is 0. The van der Waals surface area contributed by atoms with Crippen LogP contribution >= 0.6 is 11.8 Å². The van der Waals surface area contributed by atoms with E-state index in [0.717, 1.165) is 0 Å². The molecule has 0 aromatic heterocycles. The summed E-state index contributed by atoms with van der Waals surface area (Å²) in [5, 5.41) is 12.4. The molecule has 3 nitrogen and oxygen atoms in total. The lowest BCUT2D eigenvalue weighted by Gasteiger charge is -2.24. The standard InChI is InChI=1S/C13H11FN2OS/c1-18-13-10(7-15)9(6-12(17)16-13)8-4-2-3-5-11(8)14/h2-5,9H,6H2,1H3,(H,16,17). The molecule has 0 saturated carbocycles. The molecule has 1 heterocycles. The summed E-state index contributed by atoms with van der Waals surface area (Å²) in [4.78, 5) is 11.6. The lowest BCUT2D eigenvalue weighted by Crippen LogP contribution is -2.30. The number of halogens is 1. The van der Waals surface area contributed by atoms with Gasteiger partial charge in [-0.25, -0.2) is 4.39 Å². The highest BCUT2D eigenvalue weighted by atomic mass is 32.2. The highest BCUT2D eigenvalue weighted by molar-refractivity contribution is 8.02. The number of rotatable bonds is 2. The molecule has 1 aromatic carbocycles. The summed E-state index contributed by atoms with van der Waals surface area (Å²) >= 11 is 1.29.